The number of furan rings is 1. The molecule has 0 unspecified atom stereocenters. The molecule has 1 atom stereocenters. The Bertz CT molecular complexity index is 609. The molecule has 1 amide bonds. The molecule has 0 saturated carbocycles. The number of aromatic nitrogens is 1. The van der Waals surface area contributed by atoms with Crippen molar-refractivity contribution in [1.29, 1.82) is 0 Å². The van der Waals surface area contributed by atoms with Gasteiger partial charge in [0.15, 0.2) is 5.76 Å². The van der Waals surface area contributed by atoms with E-state index < -0.39 is 0 Å². The molecule has 21 heavy (non-hydrogen) atoms. The van der Waals surface area contributed by atoms with Crippen LogP contribution in [0.1, 0.15) is 42.1 Å². The zero-order valence-corrected chi connectivity index (χ0v) is 12.0. The van der Waals surface area contributed by atoms with Crippen LogP contribution < -0.4 is 4.74 Å². The Morgan fingerprint density at radius 3 is 3.10 bits per heavy atom. The van der Waals surface area contributed by atoms with Gasteiger partial charge in [-0.25, -0.2) is 0 Å². The summed E-state index contributed by atoms with van der Waals surface area (Å²) in [6.45, 7) is 3.12. The van der Waals surface area contributed by atoms with Crippen LogP contribution >= 0.6 is 0 Å². The van der Waals surface area contributed by atoms with E-state index in [9.17, 15) is 4.79 Å². The van der Waals surface area contributed by atoms with Crippen LogP contribution in [0.25, 0.3) is 0 Å². The molecule has 0 radical (unpaired) electrons. The molecule has 2 aromatic heterocycles. The Morgan fingerprint density at radius 2 is 2.33 bits per heavy atom. The van der Waals surface area contributed by atoms with Crippen LogP contribution in [0.15, 0.2) is 40.9 Å². The number of rotatable bonds is 4. The van der Waals surface area contributed by atoms with Crippen LogP contribution in [0.5, 0.6) is 5.95 Å². The predicted octanol–water partition coefficient (Wildman–Crippen LogP) is 3.05. The maximum atomic E-state index is 12.6. The van der Waals surface area contributed by atoms with Gasteiger partial charge in [-0.3, -0.25) is 9.78 Å². The summed E-state index contributed by atoms with van der Waals surface area (Å²) in [6.07, 6.45) is 3.67. The van der Waals surface area contributed by atoms with E-state index in [-0.39, 0.29) is 11.9 Å². The highest BCUT2D eigenvalue weighted by molar-refractivity contribution is 5.92. The minimum Gasteiger partial charge on any atom is -0.465 e. The van der Waals surface area contributed by atoms with Gasteiger partial charge in [0.05, 0.1) is 18.3 Å². The third-order valence-electron chi connectivity index (χ3n) is 3.62. The van der Waals surface area contributed by atoms with Gasteiger partial charge < -0.3 is 14.1 Å². The van der Waals surface area contributed by atoms with Gasteiger partial charge in [-0.05, 0) is 38.0 Å². The molecule has 3 rings (SSSR count). The fourth-order valence-corrected chi connectivity index (χ4v) is 2.69. The smallest absolute Gasteiger partial charge is 0.290 e. The van der Waals surface area contributed by atoms with Crippen molar-refractivity contribution < 1.29 is 13.9 Å². The first-order valence-corrected chi connectivity index (χ1v) is 7.24. The highest BCUT2D eigenvalue weighted by Gasteiger charge is 2.32. The summed E-state index contributed by atoms with van der Waals surface area (Å²) in [7, 11) is 0. The molecule has 1 saturated heterocycles. The Morgan fingerprint density at radius 1 is 1.43 bits per heavy atom. The molecule has 0 aromatic carbocycles. The maximum absolute atomic E-state index is 12.6. The lowest BCUT2D eigenvalue weighted by molar-refractivity contribution is 0.0692. The summed E-state index contributed by atoms with van der Waals surface area (Å²) in [5.74, 6) is 0.602. The van der Waals surface area contributed by atoms with Crippen molar-refractivity contribution in [3.05, 3.63) is 48.0 Å². The van der Waals surface area contributed by atoms with E-state index in [4.69, 9.17) is 9.15 Å². The van der Waals surface area contributed by atoms with Gasteiger partial charge in [0.25, 0.3) is 11.9 Å². The number of amides is 1. The molecule has 0 spiro atoms. The summed E-state index contributed by atoms with van der Waals surface area (Å²) in [6, 6.07) is 9.17. The number of likely N-dealkylation sites (tertiary alicyclic amines) is 1. The van der Waals surface area contributed by atoms with Gasteiger partial charge in [0.2, 0.25) is 0 Å². The number of hydrogen-bond acceptors (Lipinski definition) is 4. The first-order valence-electron chi connectivity index (χ1n) is 7.24. The number of nitrogens with zero attached hydrogens (tertiary/aromatic N) is 2. The summed E-state index contributed by atoms with van der Waals surface area (Å²) >= 11 is 0. The van der Waals surface area contributed by atoms with E-state index in [0.717, 1.165) is 25.1 Å². The molecular formula is C16H18N2O3. The quantitative estimate of drug-likeness (QED) is 0.866. The molecule has 0 aliphatic carbocycles. The normalized spacial score (nSPS) is 18.0. The summed E-state index contributed by atoms with van der Waals surface area (Å²) in [5, 5.41) is 0. The van der Waals surface area contributed by atoms with Crippen LogP contribution in [-0.2, 0) is 0 Å². The highest BCUT2D eigenvalue weighted by atomic mass is 16.6. The molecule has 3 heterocycles. The van der Waals surface area contributed by atoms with E-state index in [1.807, 2.05) is 30.0 Å². The number of carbonyl (C=O) groups is 1. The Balaban J connectivity index is 1.79. The Kier molecular flexibility index (Phi) is 3.90. The third-order valence-corrected chi connectivity index (χ3v) is 3.62. The van der Waals surface area contributed by atoms with Gasteiger partial charge in [0, 0.05) is 18.8 Å². The van der Waals surface area contributed by atoms with Crippen molar-refractivity contribution in [2.45, 2.75) is 25.8 Å². The van der Waals surface area contributed by atoms with Crippen molar-refractivity contribution >= 4 is 5.91 Å². The van der Waals surface area contributed by atoms with Gasteiger partial charge in [-0.15, -0.1) is 0 Å². The first kappa shape index (κ1) is 13.7. The SMILES string of the molecule is CCOc1ccc(C(=O)N2CCC[C@@H]2c2ccccn2)o1. The lowest BCUT2D eigenvalue weighted by atomic mass is 10.1. The van der Waals surface area contributed by atoms with Crippen LogP contribution in [0.2, 0.25) is 0 Å². The van der Waals surface area contributed by atoms with Crippen LogP contribution in [0.3, 0.4) is 0 Å². The molecule has 0 N–H and O–H groups in total. The zero-order chi connectivity index (χ0) is 14.7. The number of pyridine rings is 1. The lowest BCUT2D eigenvalue weighted by Crippen LogP contribution is -2.30. The molecule has 5 nitrogen and oxygen atoms in total. The fraction of sp³-hybridized carbons (Fsp3) is 0.375. The Labute approximate surface area is 123 Å². The Hall–Kier alpha value is -2.30. The molecular weight excluding hydrogens is 268 g/mol. The summed E-state index contributed by atoms with van der Waals surface area (Å²) in [4.78, 5) is 18.8. The van der Waals surface area contributed by atoms with E-state index in [1.165, 1.54) is 0 Å². The van der Waals surface area contributed by atoms with Crippen molar-refractivity contribution in [2.24, 2.45) is 0 Å². The molecule has 1 aliphatic heterocycles. The van der Waals surface area contributed by atoms with Crippen LogP contribution in [0, 0.1) is 0 Å². The van der Waals surface area contributed by atoms with E-state index in [2.05, 4.69) is 4.98 Å². The van der Waals surface area contributed by atoms with E-state index in [0.29, 0.717) is 18.3 Å². The zero-order valence-electron chi connectivity index (χ0n) is 12.0. The van der Waals surface area contributed by atoms with Gasteiger partial charge in [0.1, 0.15) is 0 Å². The van der Waals surface area contributed by atoms with Crippen LogP contribution in [-0.4, -0.2) is 28.9 Å². The van der Waals surface area contributed by atoms with Crippen molar-refractivity contribution in [2.75, 3.05) is 13.2 Å². The summed E-state index contributed by atoms with van der Waals surface area (Å²) < 4.78 is 10.7. The van der Waals surface area contributed by atoms with Crippen molar-refractivity contribution in [3.63, 3.8) is 0 Å². The largest absolute Gasteiger partial charge is 0.465 e. The fourth-order valence-electron chi connectivity index (χ4n) is 2.69. The van der Waals surface area contributed by atoms with Gasteiger partial charge in [-0.2, -0.15) is 0 Å². The monoisotopic (exact) mass is 286 g/mol. The number of ether oxygens (including phenoxy) is 1. The minimum atomic E-state index is -0.103. The van der Waals surface area contributed by atoms with Gasteiger partial charge in [-0.1, -0.05) is 6.07 Å². The molecule has 5 heteroatoms. The standard InChI is InChI=1S/C16H18N2O3/c1-2-20-15-9-8-14(21-15)16(19)18-11-5-7-13(18)12-6-3-4-10-17-12/h3-4,6,8-10,13H,2,5,7,11H2,1H3/t13-/m1/s1. The second-order valence-electron chi connectivity index (χ2n) is 4.96. The molecule has 1 fully saturated rings. The van der Waals surface area contributed by atoms with Crippen LogP contribution in [0.4, 0.5) is 0 Å². The van der Waals surface area contributed by atoms with Gasteiger partial charge >= 0.3 is 0 Å². The second kappa shape index (κ2) is 5.99. The molecule has 110 valence electrons. The van der Waals surface area contributed by atoms with Crippen molar-refractivity contribution in [1.82, 2.24) is 9.88 Å². The molecule has 0 bridgehead atoms. The number of hydrogen-bond donors (Lipinski definition) is 0. The molecule has 1 aliphatic rings. The van der Waals surface area contributed by atoms with E-state index in [1.54, 1.807) is 18.3 Å². The lowest BCUT2D eigenvalue weighted by Gasteiger charge is -2.23. The predicted molar refractivity (Wildman–Crippen MR) is 77.1 cm³/mol. The molecule has 2 aromatic rings. The average Bonchev–Trinajstić information content (AvgIpc) is 3.17. The first-order chi connectivity index (χ1) is 10.3. The highest BCUT2D eigenvalue weighted by Crippen LogP contribution is 2.32. The van der Waals surface area contributed by atoms with E-state index >= 15 is 0 Å². The minimum absolute atomic E-state index is 0.0272. The van der Waals surface area contributed by atoms with Crippen molar-refractivity contribution in [3.8, 4) is 5.95 Å². The summed E-state index contributed by atoms with van der Waals surface area (Å²) in [5.41, 5.74) is 0.930. The topological polar surface area (TPSA) is 55.6 Å². The third kappa shape index (κ3) is 2.77. The maximum Gasteiger partial charge on any atom is 0.290 e. The average molecular weight is 286 g/mol. The second-order valence-corrected chi connectivity index (χ2v) is 4.96. The number of carbonyl (C=O) groups excluding carboxylic acids is 1.